The summed E-state index contributed by atoms with van der Waals surface area (Å²) in [5.74, 6) is 0. The van der Waals surface area contributed by atoms with Gasteiger partial charge >= 0.3 is 0 Å². The monoisotopic (exact) mass is 246 g/mol. The van der Waals surface area contributed by atoms with Crippen molar-refractivity contribution in [2.24, 2.45) is 0 Å². The lowest BCUT2D eigenvalue weighted by molar-refractivity contribution is 0.0532. The zero-order valence-electron chi connectivity index (χ0n) is 8.41. The fraction of sp³-hybridized carbons (Fsp3) is 0.500. The third-order valence-corrected chi connectivity index (χ3v) is 2.74. The maximum absolute atomic E-state index is 5.85. The van der Waals surface area contributed by atoms with Gasteiger partial charge in [-0.15, -0.1) is 0 Å². The first-order chi connectivity index (χ1) is 7.15. The number of anilines is 1. The molecule has 1 saturated heterocycles. The van der Waals surface area contributed by atoms with Crippen LogP contribution in [0.4, 0.5) is 5.69 Å². The quantitative estimate of drug-likeness (QED) is 0.713. The fourth-order valence-electron chi connectivity index (χ4n) is 1.69. The third-order valence-electron chi connectivity index (χ3n) is 2.35. The molecule has 0 bridgehead atoms. The van der Waals surface area contributed by atoms with Crippen molar-refractivity contribution in [2.75, 3.05) is 24.6 Å². The molecule has 1 unspecified atom stereocenters. The number of hydrogen-bond acceptors (Lipinski definition) is 3. The van der Waals surface area contributed by atoms with E-state index in [1.165, 1.54) is 0 Å². The van der Waals surface area contributed by atoms with E-state index in [2.05, 4.69) is 16.8 Å². The second kappa shape index (κ2) is 4.56. The van der Waals surface area contributed by atoms with E-state index in [1.54, 1.807) is 0 Å². The molecule has 0 spiro atoms. The van der Waals surface area contributed by atoms with Gasteiger partial charge in [-0.3, -0.25) is 0 Å². The standard InChI is InChI=1S/C10H12Cl2N2O/c1-7-6-14(2-3-15-7)8-4-9(11)13-10(12)5-8/h4-5,7H,2-3,6H2,1H3. The minimum atomic E-state index is 0.240. The molecular formula is C10H12Cl2N2O. The number of ether oxygens (including phenoxy) is 1. The number of morpholine rings is 1. The van der Waals surface area contributed by atoms with Gasteiger partial charge in [0.05, 0.1) is 12.7 Å². The first kappa shape index (κ1) is 11.0. The Morgan fingerprint density at radius 3 is 2.67 bits per heavy atom. The normalized spacial score (nSPS) is 21.8. The third kappa shape index (κ3) is 2.74. The van der Waals surface area contributed by atoms with Gasteiger partial charge in [0, 0.05) is 18.8 Å². The summed E-state index contributed by atoms with van der Waals surface area (Å²) in [5.41, 5.74) is 1.01. The van der Waals surface area contributed by atoms with E-state index in [4.69, 9.17) is 27.9 Å². The molecule has 2 heterocycles. The number of hydrogen-bond donors (Lipinski definition) is 0. The average molecular weight is 247 g/mol. The van der Waals surface area contributed by atoms with Crippen LogP contribution in [0.15, 0.2) is 12.1 Å². The van der Waals surface area contributed by atoms with Crippen molar-refractivity contribution in [3.8, 4) is 0 Å². The van der Waals surface area contributed by atoms with Gasteiger partial charge in [-0.05, 0) is 19.1 Å². The number of aromatic nitrogens is 1. The summed E-state index contributed by atoms with van der Waals surface area (Å²) in [6.45, 7) is 4.51. The zero-order valence-corrected chi connectivity index (χ0v) is 9.92. The molecule has 1 aromatic rings. The molecular weight excluding hydrogens is 235 g/mol. The molecule has 1 aliphatic heterocycles. The molecule has 0 saturated carbocycles. The highest BCUT2D eigenvalue weighted by molar-refractivity contribution is 6.32. The second-order valence-electron chi connectivity index (χ2n) is 3.60. The Labute approximate surface area is 98.9 Å². The van der Waals surface area contributed by atoms with Crippen LogP contribution >= 0.6 is 23.2 Å². The molecule has 1 atom stereocenters. The van der Waals surface area contributed by atoms with Gasteiger partial charge in [-0.2, -0.15) is 0 Å². The minimum Gasteiger partial charge on any atom is -0.375 e. The maximum Gasteiger partial charge on any atom is 0.132 e. The number of pyridine rings is 1. The summed E-state index contributed by atoms with van der Waals surface area (Å²) in [5, 5.41) is 0.855. The number of nitrogens with zero attached hydrogens (tertiary/aromatic N) is 2. The summed E-state index contributed by atoms with van der Waals surface area (Å²) < 4.78 is 5.47. The van der Waals surface area contributed by atoms with Gasteiger partial charge in [-0.1, -0.05) is 23.2 Å². The molecule has 82 valence electrons. The van der Waals surface area contributed by atoms with Crippen molar-refractivity contribution in [3.63, 3.8) is 0 Å². The SMILES string of the molecule is CC1CN(c2cc(Cl)nc(Cl)c2)CCO1. The zero-order chi connectivity index (χ0) is 10.8. The van der Waals surface area contributed by atoms with Crippen LogP contribution in [0, 0.1) is 0 Å². The summed E-state index contributed by atoms with van der Waals surface area (Å²) in [4.78, 5) is 6.12. The highest BCUT2D eigenvalue weighted by Gasteiger charge is 2.17. The van der Waals surface area contributed by atoms with Crippen LogP contribution in [0.1, 0.15) is 6.92 Å². The van der Waals surface area contributed by atoms with Gasteiger partial charge in [0.15, 0.2) is 0 Å². The van der Waals surface area contributed by atoms with Crippen molar-refractivity contribution >= 4 is 28.9 Å². The topological polar surface area (TPSA) is 25.4 Å². The van der Waals surface area contributed by atoms with Crippen LogP contribution < -0.4 is 4.90 Å². The Hall–Kier alpha value is -0.510. The maximum atomic E-state index is 5.85. The van der Waals surface area contributed by atoms with Gasteiger partial charge in [0.25, 0.3) is 0 Å². The second-order valence-corrected chi connectivity index (χ2v) is 4.37. The van der Waals surface area contributed by atoms with Crippen molar-refractivity contribution in [1.29, 1.82) is 0 Å². The van der Waals surface area contributed by atoms with E-state index >= 15 is 0 Å². The number of rotatable bonds is 1. The van der Waals surface area contributed by atoms with Gasteiger partial charge in [0.1, 0.15) is 10.3 Å². The molecule has 0 aromatic carbocycles. The van der Waals surface area contributed by atoms with Gasteiger partial charge in [0.2, 0.25) is 0 Å². The Morgan fingerprint density at radius 2 is 2.07 bits per heavy atom. The van der Waals surface area contributed by atoms with Crippen LogP contribution in [0.5, 0.6) is 0 Å². The molecule has 15 heavy (non-hydrogen) atoms. The van der Waals surface area contributed by atoms with Crippen molar-refractivity contribution in [3.05, 3.63) is 22.4 Å². The lowest BCUT2D eigenvalue weighted by Crippen LogP contribution is -2.41. The molecule has 3 nitrogen and oxygen atoms in total. The lowest BCUT2D eigenvalue weighted by Gasteiger charge is -2.32. The van der Waals surface area contributed by atoms with E-state index in [1.807, 2.05) is 12.1 Å². The van der Waals surface area contributed by atoms with Crippen molar-refractivity contribution in [1.82, 2.24) is 4.98 Å². The summed E-state index contributed by atoms with van der Waals surface area (Å²) in [7, 11) is 0. The van der Waals surface area contributed by atoms with Crippen molar-refractivity contribution < 1.29 is 4.74 Å². The van der Waals surface area contributed by atoms with Crippen LogP contribution in [0.25, 0.3) is 0 Å². The predicted molar refractivity (Wildman–Crippen MR) is 61.9 cm³/mol. The molecule has 2 rings (SSSR count). The summed E-state index contributed by atoms with van der Waals surface area (Å²) in [6, 6.07) is 3.65. The summed E-state index contributed by atoms with van der Waals surface area (Å²) in [6.07, 6.45) is 0.240. The van der Waals surface area contributed by atoms with Gasteiger partial charge < -0.3 is 9.64 Å². The molecule has 1 fully saturated rings. The van der Waals surface area contributed by atoms with E-state index in [9.17, 15) is 0 Å². The fourth-order valence-corrected chi connectivity index (χ4v) is 2.14. The smallest absolute Gasteiger partial charge is 0.132 e. The van der Waals surface area contributed by atoms with Crippen LogP contribution in [0.2, 0.25) is 10.3 Å². The highest BCUT2D eigenvalue weighted by atomic mass is 35.5. The van der Waals surface area contributed by atoms with E-state index < -0.39 is 0 Å². The Balaban J connectivity index is 2.20. The Kier molecular flexibility index (Phi) is 3.34. The molecule has 0 radical (unpaired) electrons. The van der Waals surface area contributed by atoms with E-state index in [0.29, 0.717) is 10.3 Å². The highest BCUT2D eigenvalue weighted by Crippen LogP contribution is 2.23. The molecule has 0 aliphatic carbocycles. The minimum absolute atomic E-state index is 0.240. The lowest BCUT2D eigenvalue weighted by atomic mass is 10.2. The predicted octanol–water partition coefficient (Wildman–Crippen LogP) is 2.61. The average Bonchev–Trinajstić information content (AvgIpc) is 2.16. The van der Waals surface area contributed by atoms with E-state index in [-0.39, 0.29) is 6.10 Å². The van der Waals surface area contributed by atoms with Crippen LogP contribution in [-0.4, -0.2) is 30.8 Å². The Bertz CT molecular complexity index is 339. The first-order valence-corrected chi connectivity index (χ1v) is 5.60. The van der Waals surface area contributed by atoms with E-state index in [0.717, 1.165) is 25.4 Å². The van der Waals surface area contributed by atoms with Crippen LogP contribution in [-0.2, 0) is 4.74 Å². The first-order valence-electron chi connectivity index (χ1n) is 4.85. The Morgan fingerprint density at radius 1 is 1.40 bits per heavy atom. The number of halogens is 2. The molecule has 5 heteroatoms. The van der Waals surface area contributed by atoms with Crippen molar-refractivity contribution in [2.45, 2.75) is 13.0 Å². The molecule has 0 N–H and O–H groups in total. The molecule has 0 amide bonds. The molecule has 1 aromatic heterocycles. The van der Waals surface area contributed by atoms with Gasteiger partial charge in [-0.25, -0.2) is 4.98 Å². The summed E-state index contributed by atoms with van der Waals surface area (Å²) >= 11 is 11.7. The van der Waals surface area contributed by atoms with Crippen LogP contribution in [0.3, 0.4) is 0 Å². The largest absolute Gasteiger partial charge is 0.375 e. The molecule has 1 aliphatic rings.